The van der Waals surface area contributed by atoms with E-state index in [2.05, 4.69) is 17.1 Å². The van der Waals surface area contributed by atoms with E-state index < -0.39 is 5.54 Å². The van der Waals surface area contributed by atoms with Crippen LogP contribution < -0.4 is 5.73 Å². The molecule has 2 saturated carbocycles. The van der Waals surface area contributed by atoms with E-state index in [-0.39, 0.29) is 0 Å². The Labute approximate surface area is 107 Å². The molecule has 18 heavy (non-hydrogen) atoms. The Kier molecular flexibility index (Phi) is 2.90. The van der Waals surface area contributed by atoms with Crippen LogP contribution in [-0.4, -0.2) is 22.9 Å². The van der Waals surface area contributed by atoms with Crippen molar-refractivity contribution in [2.75, 3.05) is 6.61 Å². The number of nitrogens with zero attached hydrogens (tertiary/aromatic N) is 2. The van der Waals surface area contributed by atoms with E-state index >= 15 is 0 Å². The SMILES string of the molecule is CC1CC1c1nc(C(C)(N)COC2CCC2)no1. The molecule has 0 amide bonds. The second kappa shape index (κ2) is 4.31. The normalized spacial score (nSPS) is 30.8. The molecule has 2 aliphatic rings. The quantitative estimate of drug-likeness (QED) is 0.865. The lowest BCUT2D eigenvalue weighted by molar-refractivity contribution is -0.0222. The van der Waals surface area contributed by atoms with Gasteiger partial charge in [-0.25, -0.2) is 0 Å². The van der Waals surface area contributed by atoms with Crippen molar-refractivity contribution in [3.8, 4) is 0 Å². The summed E-state index contributed by atoms with van der Waals surface area (Å²) < 4.78 is 11.1. The van der Waals surface area contributed by atoms with Gasteiger partial charge in [0.15, 0.2) is 5.82 Å². The highest BCUT2D eigenvalue weighted by molar-refractivity contribution is 5.09. The summed E-state index contributed by atoms with van der Waals surface area (Å²) >= 11 is 0. The second-order valence-corrected chi connectivity index (χ2v) is 6.06. The topological polar surface area (TPSA) is 74.2 Å². The Morgan fingerprint density at radius 2 is 2.22 bits per heavy atom. The molecular weight excluding hydrogens is 230 g/mol. The molecule has 3 unspecified atom stereocenters. The highest BCUT2D eigenvalue weighted by Crippen LogP contribution is 2.46. The van der Waals surface area contributed by atoms with Crippen LogP contribution in [0.25, 0.3) is 0 Å². The van der Waals surface area contributed by atoms with Gasteiger partial charge in [-0.2, -0.15) is 4.98 Å². The van der Waals surface area contributed by atoms with Crippen LogP contribution in [0.3, 0.4) is 0 Å². The second-order valence-electron chi connectivity index (χ2n) is 6.06. The number of rotatable bonds is 5. The van der Waals surface area contributed by atoms with Gasteiger partial charge < -0.3 is 15.0 Å². The molecule has 2 aliphatic carbocycles. The highest BCUT2D eigenvalue weighted by atomic mass is 16.5. The van der Waals surface area contributed by atoms with E-state index in [1.54, 1.807) is 0 Å². The van der Waals surface area contributed by atoms with Crippen LogP contribution >= 0.6 is 0 Å². The lowest BCUT2D eigenvalue weighted by atomic mass is 9.95. The van der Waals surface area contributed by atoms with Gasteiger partial charge in [-0.1, -0.05) is 12.1 Å². The van der Waals surface area contributed by atoms with E-state index in [9.17, 15) is 0 Å². The highest BCUT2D eigenvalue weighted by Gasteiger charge is 2.40. The lowest BCUT2D eigenvalue weighted by Gasteiger charge is -2.29. The Balaban J connectivity index is 1.62. The van der Waals surface area contributed by atoms with Crippen molar-refractivity contribution in [2.24, 2.45) is 11.7 Å². The molecule has 0 radical (unpaired) electrons. The number of hydrogen-bond donors (Lipinski definition) is 1. The minimum Gasteiger partial charge on any atom is -0.376 e. The van der Waals surface area contributed by atoms with Gasteiger partial charge in [0.2, 0.25) is 5.89 Å². The largest absolute Gasteiger partial charge is 0.376 e. The molecule has 3 atom stereocenters. The fourth-order valence-electron chi connectivity index (χ4n) is 2.18. The molecule has 0 bridgehead atoms. The first kappa shape index (κ1) is 12.1. The minimum absolute atomic E-state index is 0.378. The smallest absolute Gasteiger partial charge is 0.230 e. The molecule has 100 valence electrons. The van der Waals surface area contributed by atoms with Crippen molar-refractivity contribution in [3.63, 3.8) is 0 Å². The average molecular weight is 251 g/mol. The summed E-state index contributed by atoms with van der Waals surface area (Å²) in [6.07, 6.45) is 5.07. The number of hydrogen-bond acceptors (Lipinski definition) is 5. The minimum atomic E-state index is -0.657. The summed E-state index contributed by atoms with van der Waals surface area (Å²) in [5, 5.41) is 4.01. The maximum atomic E-state index is 6.22. The van der Waals surface area contributed by atoms with Crippen LogP contribution in [0.2, 0.25) is 0 Å². The van der Waals surface area contributed by atoms with Gasteiger partial charge in [0.1, 0.15) is 5.54 Å². The summed E-state index contributed by atoms with van der Waals surface area (Å²) in [6, 6.07) is 0. The van der Waals surface area contributed by atoms with Gasteiger partial charge >= 0.3 is 0 Å². The molecule has 1 aromatic heterocycles. The zero-order chi connectivity index (χ0) is 12.8. The van der Waals surface area contributed by atoms with Gasteiger partial charge in [-0.3, -0.25) is 0 Å². The summed E-state index contributed by atoms with van der Waals surface area (Å²) in [6.45, 7) is 4.55. The van der Waals surface area contributed by atoms with Crippen LogP contribution in [0.5, 0.6) is 0 Å². The maximum absolute atomic E-state index is 6.22. The third-order valence-electron chi connectivity index (χ3n) is 4.05. The van der Waals surface area contributed by atoms with E-state index in [1.165, 1.54) is 6.42 Å². The molecule has 0 aliphatic heterocycles. The number of aromatic nitrogens is 2. The van der Waals surface area contributed by atoms with Gasteiger partial charge in [-0.15, -0.1) is 0 Å². The molecule has 0 aromatic carbocycles. The molecule has 2 fully saturated rings. The molecule has 5 heteroatoms. The molecule has 5 nitrogen and oxygen atoms in total. The lowest BCUT2D eigenvalue weighted by Crippen LogP contribution is -2.41. The Morgan fingerprint density at radius 1 is 1.50 bits per heavy atom. The fourth-order valence-corrected chi connectivity index (χ4v) is 2.18. The van der Waals surface area contributed by atoms with Gasteiger partial charge in [0, 0.05) is 5.92 Å². The molecular formula is C13H21N3O2. The third-order valence-corrected chi connectivity index (χ3v) is 4.05. The van der Waals surface area contributed by atoms with Crippen molar-refractivity contribution < 1.29 is 9.26 Å². The van der Waals surface area contributed by atoms with Crippen LogP contribution in [0.15, 0.2) is 4.52 Å². The third kappa shape index (κ3) is 2.29. The first-order valence-corrected chi connectivity index (χ1v) is 6.81. The predicted octanol–water partition coefficient (Wildman–Crippen LogP) is 1.94. The molecule has 0 saturated heterocycles. The summed E-state index contributed by atoms with van der Waals surface area (Å²) in [5.41, 5.74) is 5.57. The van der Waals surface area contributed by atoms with E-state index in [0.29, 0.717) is 30.4 Å². The van der Waals surface area contributed by atoms with Gasteiger partial charge in [-0.05, 0) is 38.5 Å². The summed E-state index contributed by atoms with van der Waals surface area (Å²) in [4.78, 5) is 4.43. The average Bonchev–Trinajstić information content (AvgIpc) is 2.78. The summed E-state index contributed by atoms with van der Waals surface area (Å²) in [5.74, 6) is 2.40. The van der Waals surface area contributed by atoms with Crippen LogP contribution in [-0.2, 0) is 10.3 Å². The summed E-state index contributed by atoms with van der Waals surface area (Å²) in [7, 11) is 0. The molecule has 2 N–H and O–H groups in total. The predicted molar refractivity (Wildman–Crippen MR) is 66.0 cm³/mol. The Bertz CT molecular complexity index is 426. The zero-order valence-electron chi connectivity index (χ0n) is 11.1. The van der Waals surface area contributed by atoms with E-state index in [0.717, 1.165) is 25.2 Å². The number of ether oxygens (including phenoxy) is 1. The Morgan fingerprint density at radius 3 is 2.78 bits per heavy atom. The van der Waals surface area contributed by atoms with Crippen molar-refractivity contribution in [1.82, 2.24) is 10.1 Å². The molecule has 1 aromatic rings. The van der Waals surface area contributed by atoms with Crippen molar-refractivity contribution in [2.45, 2.75) is 57.1 Å². The van der Waals surface area contributed by atoms with Crippen LogP contribution in [0.4, 0.5) is 0 Å². The van der Waals surface area contributed by atoms with Crippen LogP contribution in [0, 0.1) is 5.92 Å². The van der Waals surface area contributed by atoms with E-state index in [4.69, 9.17) is 15.0 Å². The van der Waals surface area contributed by atoms with Gasteiger partial charge in [0.05, 0.1) is 12.7 Å². The standard InChI is InChI=1S/C13H21N3O2/c1-8-6-10(8)11-15-12(16-18-11)13(2,14)7-17-9-4-3-5-9/h8-10H,3-7,14H2,1-2H3. The zero-order valence-corrected chi connectivity index (χ0v) is 11.1. The van der Waals surface area contributed by atoms with Crippen molar-refractivity contribution >= 4 is 0 Å². The first-order chi connectivity index (χ1) is 8.56. The number of nitrogens with two attached hydrogens (primary N) is 1. The monoisotopic (exact) mass is 251 g/mol. The van der Waals surface area contributed by atoms with Gasteiger partial charge in [0.25, 0.3) is 0 Å². The van der Waals surface area contributed by atoms with Crippen molar-refractivity contribution in [1.29, 1.82) is 0 Å². The van der Waals surface area contributed by atoms with Crippen LogP contribution in [0.1, 0.15) is 57.2 Å². The maximum Gasteiger partial charge on any atom is 0.230 e. The molecule has 1 heterocycles. The molecule has 3 rings (SSSR count). The first-order valence-electron chi connectivity index (χ1n) is 6.81. The Hall–Kier alpha value is -0.940. The fraction of sp³-hybridized carbons (Fsp3) is 0.846. The van der Waals surface area contributed by atoms with E-state index in [1.807, 2.05) is 6.92 Å². The molecule has 0 spiro atoms. The van der Waals surface area contributed by atoms with Crippen molar-refractivity contribution in [3.05, 3.63) is 11.7 Å².